The van der Waals surface area contributed by atoms with Gasteiger partial charge < -0.3 is 5.32 Å². The van der Waals surface area contributed by atoms with Gasteiger partial charge in [-0.2, -0.15) is 0 Å². The Morgan fingerprint density at radius 1 is 1.11 bits per heavy atom. The Morgan fingerprint density at radius 3 is 2.56 bits per heavy atom. The first-order valence-corrected chi connectivity index (χ1v) is 6.55. The summed E-state index contributed by atoms with van der Waals surface area (Å²) in [5.74, 6) is 0.690. The van der Waals surface area contributed by atoms with Gasteiger partial charge >= 0.3 is 0 Å². The van der Waals surface area contributed by atoms with E-state index in [1.54, 1.807) is 0 Å². The van der Waals surface area contributed by atoms with E-state index in [9.17, 15) is 0 Å². The van der Waals surface area contributed by atoms with Crippen LogP contribution in [-0.4, -0.2) is 11.0 Å². The SMILES string of the molecule is CC(NC1CC1c1ccccc1)c1ccncc1. The highest BCUT2D eigenvalue weighted by atomic mass is 15.0. The predicted octanol–water partition coefficient (Wildman–Crippen LogP) is 3.29. The van der Waals surface area contributed by atoms with Gasteiger partial charge in [-0.1, -0.05) is 30.3 Å². The molecule has 1 fully saturated rings. The van der Waals surface area contributed by atoms with Gasteiger partial charge in [-0.05, 0) is 36.6 Å². The van der Waals surface area contributed by atoms with Crippen LogP contribution in [0.5, 0.6) is 0 Å². The van der Waals surface area contributed by atoms with Crippen molar-refractivity contribution in [3.63, 3.8) is 0 Å². The molecule has 0 spiro atoms. The molecule has 18 heavy (non-hydrogen) atoms. The lowest BCUT2D eigenvalue weighted by Crippen LogP contribution is -2.22. The number of nitrogens with one attached hydrogen (secondary N) is 1. The van der Waals surface area contributed by atoms with Crippen molar-refractivity contribution in [3.05, 3.63) is 66.0 Å². The van der Waals surface area contributed by atoms with Crippen LogP contribution in [-0.2, 0) is 0 Å². The fourth-order valence-electron chi connectivity index (χ4n) is 2.52. The van der Waals surface area contributed by atoms with Crippen LogP contribution in [0, 0.1) is 0 Å². The van der Waals surface area contributed by atoms with Gasteiger partial charge in [-0.3, -0.25) is 4.98 Å². The molecule has 3 unspecified atom stereocenters. The van der Waals surface area contributed by atoms with Gasteiger partial charge in [0, 0.05) is 30.4 Å². The van der Waals surface area contributed by atoms with E-state index in [1.165, 1.54) is 17.5 Å². The minimum absolute atomic E-state index is 0.395. The third-order valence-corrected chi connectivity index (χ3v) is 3.69. The summed E-state index contributed by atoms with van der Waals surface area (Å²) in [6.45, 7) is 2.22. The number of aromatic nitrogens is 1. The number of hydrogen-bond donors (Lipinski definition) is 1. The fourth-order valence-corrected chi connectivity index (χ4v) is 2.52. The fraction of sp³-hybridized carbons (Fsp3) is 0.312. The first-order valence-electron chi connectivity index (χ1n) is 6.55. The van der Waals surface area contributed by atoms with Gasteiger partial charge in [0.2, 0.25) is 0 Å². The zero-order chi connectivity index (χ0) is 12.4. The molecule has 1 heterocycles. The molecule has 0 amide bonds. The van der Waals surface area contributed by atoms with Crippen LogP contribution in [0.3, 0.4) is 0 Å². The van der Waals surface area contributed by atoms with E-state index >= 15 is 0 Å². The molecule has 1 aromatic carbocycles. The van der Waals surface area contributed by atoms with Crippen LogP contribution in [0.1, 0.15) is 36.4 Å². The average molecular weight is 238 g/mol. The number of rotatable bonds is 4. The molecule has 1 aliphatic rings. The molecule has 0 bridgehead atoms. The van der Waals surface area contributed by atoms with Crippen molar-refractivity contribution in [3.8, 4) is 0 Å². The summed E-state index contributed by atoms with van der Waals surface area (Å²) < 4.78 is 0. The van der Waals surface area contributed by atoms with E-state index in [0.29, 0.717) is 18.0 Å². The monoisotopic (exact) mass is 238 g/mol. The van der Waals surface area contributed by atoms with E-state index < -0.39 is 0 Å². The summed E-state index contributed by atoms with van der Waals surface area (Å²) >= 11 is 0. The molecular weight excluding hydrogens is 220 g/mol. The Labute approximate surface area is 108 Å². The lowest BCUT2D eigenvalue weighted by Gasteiger charge is -2.13. The highest BCUT2D eigenvalue weighted by molar-refractivity contribution is 5.28. The molecule has 1 aliphatic carbocycles. The molecule has 0 aliphatic heterocycles. The molecule has 0 radical (unpaired) electrons. The average Bonchev–Trinajstić information content (AvgIpc) is 3.20. The zero-order valence-electron chi connectivity index (χ0n) is 10.6. The van der Waals surface area contributed by atoms with Crippen LogP contribution in [0.25, 0.3) is 0 Å². The highest BCUT2D eigenvalue weighted by Gasteiger charge is 2.38. The standard InChI is InChI=1S/C16H18N2/c1-12(13-7-9-17-10-8-13)18-16-11-15(16)14-5-3-2-4-6-14/h2-10,12,15-16,18H,11H2,1H3. The Hall–Kier alpha value is -1.67. The van der Waals surface area contributed by atoms with E-state index in [-0.39, 0.29) is 0 Å². The normalized spacial score (nSPS) is 23.6. The summed E-state index contributed by atoms with van der Waals surface area (Å²) in [7, 11) is 0. The summed E-state index contributed by atoms with van der Waals surface area (Å²) in [6.07, 6.45) is 4.96. The molecule has 0 saturated heterocycles. The van der Waals surface area contributed by atoms with Gasteiger partial charge in [0.15, 0.2) is 0 Å². The van der Waals surface area contributed by atoms with Gasteiger partial charge in [-0.15, -0.1) is 0 Å². The molecule has 2 nitrogen and oxygen atoms in total. The number of nitrogens with zero attached hydrogens (tertiary/aromatic N) is 1. The van der Waals surface area contributed by atoms with Crippen molar-refractivity contribution in [2.75, 3.05) is 0 Å². The molecule has 1 aromatic heterocycles. The van der Waals surface area contributed by atoms with Crippen LogP contribution >= 0.6 is 0 Å². The number of pyridine rings is 1. The van der Waals surface area contributed by atoms with Gasteiger partial charge in [0.25, 0.3) is 0 Å². The molecular formula is C16H18N2. The maximum Gasteiger partial charge on any atom is 0.0295 e. The number of benzene rings is 1. The lowest BCUT2D eigenvalue weighted by atomic mass is 10.1. The van der Waals surface area contributed by atoms with Crippen molar-refractivity contribution in [1.29, 1.82) is 0 Å². The van der Waals surface area contributed by atoms with Gasteiger partial charge in [0.05, 0.1) is 0 Å². The molecule has 3 rings (SSSR count). The van der Waals surface area contributed by atoms with Crippen molar-refractivity contribution in [1.82, 2.24) is 10.3 Å². The summed E-state index contributed by atoms with van der Waals surface area (Å²) in [5, 5.41) is 3.69. The Bertz CT molecular complexity index is 495. The molecule has 92 valence electrons. The quantitative estimate of drug-likeness (QED) is 0.884. The largest absolute Gasteiger partial charge is 0.307 e. The summed E-state index contributed by atoms with van der Waals surface area (Å²) in [5.41, 5.74) is 2.76. The predicted molar refractivity (Wildman–Crippen MR) is 73.4 cm³/mol. The highest BCUT2D eigenvalue weighted by Crippen LogP contribution is 2.41. The molecule has 3 atom stereocenters. The molecule has 2 aromatic rings. The second-order valence-corrected chi connectivity index (χ2v) is 5.03. The van der Waals surface area contributed by atoms with Crippen LogP contribution in [0.4, 0.5) is 0 Å². The molecule has 1 saturated carbocycles. The smallest absolute Gasteiger partial charge is 0.0295 e. The minimum Gasteiger partial charge on any atom is -0.307 e. The summed E-state index contributed by atoms with van der Waals surface area (Å²) in [4.78, 5) is 4.06. The van der Waals surface area contributed by atoms with E-state index in [4.69, 9.17) is 0 Å². The molecule has 1 N–H and O–H groups in total. The maximum absolute atomic E-state index is 4.06. The summed E-state index contributed by atoms with van der Waals surface area (Å²) in [6, 6.07) is 16.0. The van der Waals surface area contributed by atoms with Crippen molar-refractivity contribution in [2.24, 2.45) is 0 Å². The van der Waals surface area contributed by atoms with Gasteiger partial charge in [-0.25, -0.2) is 0 Å². The second-order valence-electron chi connectivity index (χ2n) is 5.03. The first-order chi connectivity index (χ1) is 8.84. The van der Waals surface area contributed by atoms with E-state index in [0.717, 1.165) is 0 Å². The van der Waals surface area contributed by atoms with Crippen LogP contribution in [0.2, 0.25) is 0 Å². The first kappa shape index (κ1) is 11.4. The molecule has 2 heteroatoms. The number of hydrogen-bond acceptors (Lipinski definition) is 2. The lowest BCUT2D eigenvalue weighted by molar-refractivity contribution is 0.562. The van der Waals surface area contributed by atoms with Crippen molar-refractivity contribution in [2.45, 2.75) is 31.3 Å². The van der Waals surface area contributed by atoms with Crippen LogP contribution < -0.4 is 5.32 Å². The van der Waals surface area contributed by atoms with E-state index in [1.807, 2.05) is 12.4 Å². The van der Waals surface area contributed by atoms with Crippen molar-refractivity contribution < 1.29 is 0 Å². The third-order valence-electron chi connectivity index (χ3n) is 3.69. The zero-order valence-corrected chi connectivity index (χ0v) is 10.6. The Morgan fingerprint density at radius 2 is 1.83 bits per heavy atom. The second kappa shape index (κ2) is 4.91. The van der Waals surface area contributed by atoms with Crippen LogP contribution in [0.15, 0.2) is 54.9 Å². The van der Waals surface area contributed by atoms with Crippen molar-refractivity contribution >= 4 is 0 Å². The maximum atomic E-state index is 4.06. The van der Waals surface area contributed by atoms with E-state index in [2.05, 4.69) is 59.7 Å². The Balaban J connectivity index is 1.60. The Kier molecular flexibility index (Phi) is 3.11. The third kappa shape index (κ3) is 2.44. The van der Waals surface area contributed by atoms with Gasteiger partial charge in [0.1, 0.15) is 0 Å². The minimum atomic E-state index is 0.395. The topological polar surface area (TPSA) is 24.9 Å².